The summed E-state index contributed by atoms with van der Waals surface area (Å²) in [5, 5.41) is 7.68. The van der Waals surface area contributed by atoms with E-state index < -0.39 is 0 Å². The van der Waals surface area contributed by atoms with Gasteiger partial charge in [-0.1, -0.05) is 30.3 Å². The van der Waals surface area contributed by atoms with Crippen LogP contribution in [0.25, 0.3) is 0 Å². The molecule has 2 fully saturated rings. The zero-order valence-electron chi connectivity index (χ0n) is 19.4. The number of piperidine rings is 1. The summed E-state index contributed by atoms with van der Waals surface area (Å²) < 4.78 is 8.12. The Kier molecular flexibility index (Phi) is 5.60. The van der Waals surface area contributed by atoms with Gasteiger partial charge in [-0.15, -0.1) is 6.58 Å². The topological polar surface area (TPSA) is 76.5 Å². The first-order valence-corrected chi connectivity index (χ1v) is 11.9. The van der Waals surface area contributed by atoms with Crippen molar-refractivity contribution in [1.29, 1.82) is 0 Å². The number of aryl methyl sites for hydroxylation is 2. The zero-order chi connectivity index (χ0) is 23.2. The molecule has 33 heavy (non-hydrogen) atoms. The molecule has 2 atom stereocenters. The first kappa shape index (κ1) is 21.9. The van der Waals surface area contributed by atoms with Crippen molar-refractivity contribution < 1.29 is 14.3 Å². The number of carbonyl (C=O) groups is 2. The monoisotopic (exact) mass is 448 g/mol. The molecule has 0 bridgehead atoms. The number of aromatic nitrogens is 2. The number of nitrogens with zero attached hydrogens (tertiary/aromatic N) is 3. The van der Waals surface area contributed by atoms with E-state index >= 15 is 0 Å². The Morgan fingerprint density at radius 3 is 2.64 bits per heavy atom. The summed E-state index contributed by atoms with van der Waals surface area (Å²) in [4.78, 5) is 27.7. The van der Waals surface area contributed by atoms with Gasteiger partial charge in [0.1, 0.15) is 0 Å². The summed E-state index contributed by atoms with van der Waals surface area (Å²) in [7, 11) is 1.85. The second kappa shape index (κ2) is 8.45. The van der Waals surface area contributed by atoms with Crippen molar-refractivity contribution >= 4 is 11.8 Å². The maximum atomic E-state index is 13.1. The lowest BCUT2D eigenvalue weighted by atomic mass is 9.71. The number of likely N-dealkylation sites (tertiary alicyclic amines) is 1. The number of carbonyl (C=O) groups excluding carboxylic acids is 2. The molecule has 5 rings (SSSR count). The average molecular weight is 449 g/mol. The number of rotatable bonds is 6. The van der Waals surface area contributed by atoms with Gasteiger partial charge in [-0.3, -0.25) is 14.3 Å². The van der Waals surface area contributed by atoms with E-state index in [9.17, 15) is 9.59 Å². The van der Waals surface area contributed by atoms with Crippen molar-refractivity contribution in [2.45, 2.75) is 50.2 Å². The van der Waals surface area contributed by atoms with Crippen molar-refractivity contribution in [3.05, 3.63) is 65.5 Å². The Morgan fingerprint density at radius 1 is 1.27 bits per heavy atom. The minimum atomic E-state index is -0.252. The summed E-state index contributed by atoms with van der Waals surface area (Å²) in [6.07, 6.45) is 5.06. The van der Waals surface area contributed by atoms with E-state index in [-0.39, 0.29) is 35.3 Å². The quantitative estimate of drug-likeness (QED) is 0.689. The van der Waals surface area contributed by atoms with Crippen LogP contribution in [0.5, 0.6) is 0 Å². The van der Waals surface area contributed by atoms with E-state index in [1.165, 1.54) is 5.56 Å². The van der Waals surface area contributed by atoms with Crippen LogP contribution in [0.4, 0.5) is 0 Å². The fraction of sp³-hybridized carbons (Fsp3) is 0.500. The molecule has 1 N–H and O–H groups in total. The van der Waals surface area contributed by atoms with Crippen LogP contribution in [0.15, 0.2) is 43.0 Å². The predicted octanol–water partition coefficient (Wildman–Crippen LogP) is 3.05. The van der Waals surface area contributed by atoms with Crippen LogP contribution in [-0.4, -0.2) is 52.3 Å². The molecule has 3 aliphatic rings. The van der Waals surface area contributed by atoms with Gasteiger partial charge in [0.2, 0.25) is 5.91 Å². The summed E-state index contributed by atoms with van der Waals surface area (Å²) >= 11 is 0. The Hall–Kier alpha value is -2.93. The fourth-order valence-electron chi connectivity index (χ4n) is 5.54. The molecule has 1 aliphatic heterocycles. The number of hydrogen-bond donors (Lipinski definition) is 1. The number of benzene rings is 1. The summed E-state index contributed by atoms with van der Waals surface area (Å²) in [6, 6.07) is 10.0. The molecule has 2 aliphatic carbocycles. The Labute approximate surface area is 194 Å². The number of nitrogens with one attached hydrogen (secondary N) is 1. The van der Waals surface area contributed by atoms with Gasteiger partial charge in [0.05, 0.1) is 18.8 Å². The van der Waals surface area contributed by atoms with Crippen molar-refractivity contribution in [3.63, 3.8) is 0 Å². The molecule has 1 aromatic carbocycles. The van der Waals surface area contributed by atoms with Crippen molar-refractivity contribution in [1.82, 2.24) is 20.0 Å². The van der Waals surface area contributed by atoms with Gasteiger partial charge in [0.25, 0.3) is 5.91 Å². The van der Waals surface area contributed by atoms with Crippen LogP contribution < -0.4 is 5.32 Å². The number of fused-ring (bicyclic) bond motifs is 2. The van der Waals surface area contributed by atoms with Crippen LogP contribution >= 0.6 is 0 Å². The predicted molar refractivity (Wildman–Crippen MR) is 125 cm³/mol. The largest absolute Gasteiger partial charge is 0.371 e. The first-order valence-electron chi connectivity index (χ1n) is 11.9. The number of ether oxygens (including phenoxy) is 1. The van der Waals surface area contributed by atoms with E-state index in [1.54, 1.807) is 10.8 Å². The van der Waals surface area contributed by atoms with E-state index in [0.717, 1.165) is 36.9 Å². The van der Waals surface area contributed by atoms with Gasteiger partial charge in [0, 0.05) is 37.2 Å². The lowest BCUT2D eigenvalue weighted by molar-refractivity contribution is -0.125. The van der Waals surface area contributed by atoms with E-state index in [2.05, 4.69) is 35.2 Å². The minimum Gasteiger partial charge on any atom is -0.371 e. The molecular weight excluding hydrogens is 416 g/mol. The average Bonchev–Trinajstić information content (AvgIpc) is 3.59. The Balaban J connectivity index is 1.42. The van der Waals surface area contributed by atoms with Crippen LogP contribution in [0.3, 0.4) is 0 Å². The second-order valence-electron chi connectivity index (χ2n) is 9.63. The standard InChI is InChI=1S/C26H32N4O3/c1-4-15-33-23-22(27-24(31)18-9-10-18)19-7-5-6-8-20(19)26(23)11-13-30(14-12-26)25(32)21-16-17(2)29(3)28-21/h4-8,16,18,22-23H,1,9-15H2,2-3H3,(H,27,31)/t22-,23+/m1/s1. The molecular formula is C26H32N4O3. The van der Waals surface area contributed by atoms with E-state index in [0.29, 0.717) is 25.4 Å². The molecule has 1 aromatic heterocycles. The molecule has 7 nitrogen and oxygen atoms in total. The number of amides is 2. The molecule has 1 spiro atoms. The molecule has 7 heteroatoms. The second-order valence-corrected chi connectivity index (χ2v) is 9.63. The van der Waals surface area contributed by atoms with Gasteiger partial charge in [-0.05, 0) is 49.8 Å². The third-order valence-corrected chi connectivity index (χ3v) is 7.59. The lowest BCUT2D eigenvalue weighted by Crippen LogP contribution is -2.52. The molecule has 1 saturated carbocycles. The minimum absolute atomic E-state index is 0.0259. The first-order chi connectivity index (χ1) is 15.9. The van der Waals surface area contributed by atoms with Gasteiger partial charge in [-0.25, -0.2) is 0 Å². The third kappa shape index (κ3) is 3.78. The van der Waals surface area contributed by atoms with Crippen LogP contribution in [0.1, 0.15) is 59.0 Å². The molecule has 1 saturated heterocycles. The zero-order valence-corrected chi connectivity index (χ0v) is 19.4. The fourth-order valence-corrected chi connectivity index (χ4v) is 5.54. The van der Waals surface area contributed by atoms with Gasteiger partial charge in [-0.2, -0.15) is 5.10 Å². The highest BCUT2D eigenvalue weighted by molar-refractivity contribution is 5.92. The van der Waals surface area contributed by atoms with Crippen LogP contribution in [-0.2, 0) is 22.0 Å². The van der Waals surface area contributed by atoms with Crippen molar-refractivity contribution in [2.24, 2.45) is 13.0 Å². The molecule has 174 valence electrons. The lowest BCUT2D eigenvalue weighted by Gasteiger charge is -2.44. The van der Waals surface area contributed by atoms with Crippen LogP contribution in [0.2, 0.25) is 0 Å². The molecule has 2 amide bonds. The SMILES string of the molecule is C=CCO[C@H]1[C@H](NC(=O)C2CC2)c2ccccc2C12CCN(C(=O)c1cc(C)n(C)n1)CC2. The van der Waals surface area contributed by atoms with Crippen molar-refractivity contribution in [3.8, 4) is 0 Å². The maximum absolute atomic E-state index is 13.1. The Morgan fingerprint density at radius 2 is 2.00 bits per heavy atom. The van der Waals surface area contributed by atoms with Gasteiger partial charge in [0.15, 0.2) is 5.69 Å². The van der Waals surface area contributed by atoms with Crippen molar-refractivity contribution in [2.75, 3.05) is 19.7 Å². The highest BCUT2D eigenvalue weighted by Gasteiger charge is 2.55. The molecule has 2 heterocycles. The summed E-state index contributed by atoms with van der Waals surface area (Å²) in [5.74, 6) is 0.231. The third-order valence-electron chi connectivity index (χ3n) is 7.59. The molecule has 0 radical (unpaired) electrons. The van der Waals surface area contributed by atoms with Gasteiger partial charge >= 0.3 is 0 Å². The smallest absolute Gasteiger partial charge is 0.274 e. The van der Waals surface area contributed by atoms with Gasteiger partial charge < -0.3 is 15.0 Å². The van der Waals surface area contributed by atoms with E-state index in [4.69, 9.17) is 4.74 Å². The summed E-state index contributed by atoms with van der Waals surface area (Å²) in [6.45, 7) is 7.45. The molecule has 0 unspecified atom stereocenters. The van der Waals surface area contributed by atoms with Crippen LogP contribution in [0, 0.1) is 12.8 Å². The molecule has 2 aromatic rings. The highest BCUT2D eigenvalue weighted by atomic mass is 16.5. The normalized spacial score (nSPS) is 23.4. The highest BCUT2D eigenvalue weighted by Crippen LogP contribution is 2.52. The maximum Gasteiger partial charge on any atom is 0.274 e. The van der Waals surface area contributed by atoms with E-state index in [1.807, 2.05) is 31.0 Å². The number of hydrogen-bond acceptors (Lipinski definition) is 4. The summed E-state index contributed by atoms with van der Waals surface area (Å²) in [5.41, 5.74) is 3.58. The Bertz CT molecular complexity index is 1060.